The van der Waals surface area contributed by atoms with E-state index in [1.54, 1.807) is 72.8 Å². The van der Waals surface area contributed by atoms with Gasteiger partial charge in [0.2, 0.25) is 0 Å². The fourth-order valence-corrected chi connectivity index (χ4v) is 6.70. The molecule has 0 saturated heterocycles. The van der Waals surface area contributed by atoms with Crippen molar-refractivity contribution in [2.45, 2.75) is 42.9 Å². The van der Waals surface area contributed by atoms with Crippen LogP contribution in [-0.4, -0.2) is 21.8 Å². The maximum absolute atomic E-state index is 13.1. The standard InChI is InChI=1S/C38H33N3O4S2/c1-28-18-24-36(40-46(42,43)34-14-7-5-8-15-34)29(26-28)19-22-32-12-11-13-33(39-32)23-20-30-27-31(38(2,3)4)21-25-37(30)41-47(44,45)35-16-9-6-10-17-35/h5-18,21,24-27,40-41H,1-4H3. The first-order chi connectivity index (χ1) is 22.3. The largest absolute Gasteiger partial charge is 0.278 e. The lowest BCUT2D eigenvalue weighted by molar-refractivity contribution is 0.590. The van der Waals surface area contributed by atoms with E-state index >= 15 is 0 Å². The molecule has 236 valence electrons. The van der Waals surface area contributed by atoms with Crippen molar-refractivity contribution in [1.29, 1.82) is 0 Å². The van der Waals surface area contributed by atoms with Gasteiger partial charge in [0.25, 0.3) is 20.0 Å². The molecular formula is C38H33N3O4S2. The van der Waals surface area contributed by atoms with Gasteiger partial charge in [-0.25, -0.2) is 21.8 Å². The van der Waals surface area contributed by atoms with Crippen molar-refractivity contribution in [3.63, 3.8) is 0 Å². The molecule has 0 saturated carbocycles. The number of pyridine rings is 1. The molecule has 1 heterocycles. The second-order valence-electron chi connectivity index (χ2n) is 11.8. The predicted molar refractivity (Wildman–Crippen MR) is 187 cm³/mol. The Labute approximate surface area is 277 Å². The number of rotatable bonds is 6. The van der Waals surface area contributed by atoms with Crippen molar-refractivity contribution < 1.29 is 16.8 Å². The first-order valence-corrected chi connectivity index (χ1v) is 17.7. The summed E-state index contributed by atoms with van der Waals surface area (Å²) in [7, 11) is -7.65. The average molecular weight is 660 g/mol. The minimum absolute atomic E-state index is 0.149. The molecule has 9 heteroatoms. The van der Waals surface area contributed by atoms with E-state index in [9.17, 15) is 16.8 Å². The second-order valence-corrected chi connectivity index (χ2v) is 15.2. The number of nitrogens with zero attached hydrogens (tertiary/aromatic N) is 1. The number of benzene rings is 4. The molecular weight excluding hydrogens is 627 g/mol. The highest BCUT2D eigenvalue weighted by atomic mass is 32.2. The van der Waals surface area contributed by atoms with Crippen LogP contribution in [-0.2, 0) is 25.5 Å². The molecule has 47 heavy (non-hydrogen) atoms. The van der Waals surface area contributed by atoms with Gasteiger partial charge in [0.15, 0.2) is 0 Å². The Balaban J connectivity index is 1.46. The Bertz CT molecular complexity index is 2270. The Kier molecular flexibility index (Phi) is 9.53. The van der Waals surface area contributed by atoms with E-state index in [4.69, 9.17) is 0 Å². The zero-order chi connectivity index (χ0) is 33.7. The molecule has 4 aromatic carbocycles. The molecule has 5 aromatic rings. The number of aryl methyl sites for hydroxylation is 1. The fraction of sp³-hybridized carbons (Fsp3) is 0.132. The van der Waals surface area contributed by atoms with Gasteiger partial charge in [-0.1, -0.05) is 87.2 Å². The number of nitrogens with one attached hydrogen (secondary N) is 2. The first-order valence-electron chi connectivity index (χ1n) is 14.7. The van der Waals surface area contributed by atoms with Crippen LogP contribution in [0.25, 0.3) is 0 Å². The predicted octanol–water partition coefficient (Wildman–Crippen LogP) is 7.09. The summed E-state index contributed by atoms with van der Waals surface area (Å²) >= 11 is 0. The zero-order valence-electron chi connectivity index (χ0n) is 26.4. The van der Waals surface area contributed by atoms with Gasteiger partial charge in [0, 0.05) is 11.1 Å². The van der Waals surface area contributed by atoms with Crippen molar-refractivity contribution >= 4 is 31.4 Å². The summed E-state index contributed by atoms with van der Waals surface area (Å²) < 4.78 is 57.5. The molecule has 5 rings (SSSR count). The van der Waals surface area contributed by atoms with Crippen LogP contribution in [0.1, 0.15) is 54.4 Å². The second kappa shape index (κ2) is 13.6. The molecule has 1 aromatic heterocycles. The Morgan fingerprint density at radius 3 is 1.51 bits per heavy atom. The van der Waals surface area contributed by atoms with Crippen molar-refractivity contribution in [3.8, 4) is 23.7 Å². The summed E-state index contributed by atoms with van der Waals surface area (Å²) in [6.07, 6.45) is 0. The minimum Gasteiger partial charge on any atom is -0.278 e. The highest BCUT2D eigenvalue weighted by Gasteiger charge is 2.19. The minimum atomic E-state index is -3.84. The number of aromatic nitrogens is 1. The van der Waals surface area contributed by atoms with Gasteiger partial charge in [0.1, 0.15) is 11.4 Å². The van der Waals surface area contributed by atoms with Crippen molar-refractivity contribution in [3.05, 3.63) is 149 Å². The summed E-state index contributed by atoms with van der Waals surface area (Å²) in [5.41, 5.74) is 4.30. The molecule has 2 N–H and O–H groups in total. The van der Waals surface area contributed by atoms with Gasteiger partial charge >= 0.3 is 0 Å². The molecule has 0 spiro atoms. The van der Waals surface area contributed by atoms with E-state index in [1.807, 2.05) is 25.1 Å². The molecule has 0 atom stereocenters. The molecule has 0 radical (unpaired) electrons. The topological polar surface area (TPSA) is 105 Å². The van der Waals surface area contributed by atoms with E-state index in [-0.39, 0.29) is 15.2 Å². The Morgan fingerprint density at radius 2 is 1.02 bits per heavy atom. The maximum atomic E-state index is 13.1. The monoisotopic (exact) mass is 659 g/mol. The summed E-state index contributed by atoms with van der Waals surface area (Å²) in [6, 6.07) is 32.4. The van der Waals surface area contributed by atoms with Gasteiger partial charge in [-0.3, -0.25) is 9.44 Å². The van der Waals surface area contributed by atoms with Gasteiger partial charge in [-0.05, 0) is 96.0 Å². The van der Waals surface area contributed by atoms with Gasteiger partial charge in [-0.2, -0.15) is 0 Å². The summed E-state index contributed by atoms with van der Waals surface area (Å²) in [6.45, 7) is 8.12. The smallest absolute Gasteiger partial charge is 0.261 e. The summed E-state index contributed by atoms with van der Waals surface area (Å²) in [5.74, 6) is 12.3. The molecule has 0 bridgehead atoms. The normalized spacial score (nSPS) is 11.4. The average Bonchev–Trinajstić information content (AvgIpc) is 3.04. The summed E-state index contributed by atoms with van der Waals surface area (Å²) in [5, 5.41) is 0. The van der Waals surface area contributed by atoms with Crippen LogP contribution in [0.15, 0.2) is 125 Å². The van der Waals surface area contributed by atoms with Crippen LogP contribution in [0, 0.1) is 30.6 Å². The molecule has 7 nitrogen and oxygen atoms in total. The highest BCUT2D eigenvalue weighted by Crippen LogP contribution is 2.28. The number of hydrogen-bond donors (Lipinski definition) is 2. The van der Waals surface area contributed by atoms with Gasteiger partial charge in [0.05, 0.1) is 21.2 Å². The Hall–Kier alpha value is -5.35. The molecule has 0 unspecified atom stereocenters. The number of sulfonamides is 2. The van der Waals surface area contributed by atoms with E-state index in [2.05, 4.69) is 58.9 Å². The summed E-state index contributed by atoms with van der Waals surface area (Å²) in [4.78, 5) is 4.87. The molecule has 0 amide bonds. The Morgan fingerprint density at radius 1 is 0.553 bits per heavy atom. The third-order valence-corrected chi connectivity index (χ3v) is 9.82. The maximum Gasteiger partial charge on any atom is 0.261 e. The van der Waals surface area contributed by atoms with Crippen molar-refractivity contribution in [2.75, 3.05) is 9.44 Å². The molecule has 0 aliphatic rings. The molecule has 0 aliphatic carbocycles. The molecule has 0 fully saturated rings. The fourth-order valence-electron chi connectivity index (χ4n) is 4.50. The SMILES string of the molecule is Cc1ccc(NS(=O)(=O)c2ccccc2)c(C#Cc2cccc(C#Cc3cc(C(C)(C)C)ccc3NS(=O)(=O)c3ccccc3)n2)c1. The van der Waals surface area contributed by atoms with Crippen LogP contribution < -0.4 is 9.44 Å². The van der Waals surface area contributed by atoms with E-state index in [1.165, 1.54) is 24.3 Å². The first kappa shape index (κ1) is 33.0. The van der Waals surface area contributed by atoms with Crippen molar-refractivity contribution in [1.82, 2.24) is 4.98 Å². The number of hydrogen-bond acceptors (Lipinski definition) is 5. The molecule has 0 aliphatic heterocycles. The number of anilines is 2. The van der Waals surface area contributed by atoms with Gasteiger partial charge < -0.3 is 0 Å². The quantitative estimate of drug-likeness (QED) is 0.190. The van der Waals surface area contributed by atoms with E-state index in [0.29, 0.717) is 33.9 Å². The van der Waals surface area contributed by atoms with Crippen LogP contribution in [0.3, 0.4) is 0 Å². The van der Waals surface area contributed by atoms with Crippen LogP contribution in [0.2, 0.25) is 0 Å². The van der Waals surface area contributed by atoms with Crippen LogP contribution >= 0.6 is 0 Å². The highest BCUT2D eigenvalue weighted by molar-refractivity contribution is 7.93. The van der Waals surface area contributed by atoms with Crippen LogP contribution in [0.4, 0.5) is 11.4 Å². The van der Waals surface area contributed by atoms with E-state index in [0.717, 1.165) is 11.1 Å². The zero-order valence-corrected chi connectivity index (χ0v) is 28.0. The lowest BCUT2D eigenvalue weighted by atomic mass is 9.86. The third kappa shape index (κ3) is 8.47. The van der Waals surface area contributed by atoms with Crippen LogP contribution in [0.5, 0.6) is 0 Å². The van der Waals surface area contributed by atoms with Gasteiger partial charge in [-0.15, -0.1) is 0 Å². The lowest BCUT2D eigenvalue weighted by Gasteiger charge is -2.20. The third-order valence-electron chi connectivity index (χ3n) is 7.06. The van der Waals surface area contributed by atoms with E-state index < -0.39 is 20.0 Å². The lowest BCUT2D eigenvalue weighted by Crippen LogP contribution is -2.15. The van der Waals surface area contributed by atoms with Crippen molar-refractivity contribution in [2.24, 2.45) is 0 Å².